The lowest BCUT2D eigenvalue weighted by atomic mass is 10.1. The van der Waals surface area contributed by atoms with Crippen LogP contribution >= 0.6 is 0 Å². The topological polar surface area (TPSA) is 95.1 Å². The van der Waals surface area contributed by atoms with Gasteiger partial charge in [-0.3, -0.25) is 4.79 Å². The molecule has 3 rings (SSSR count). The number of rotatable bonds is 4. The van der Waals surface area contributed by atoms with Crippen LogP contribution in [0, 0.1) is 0 Å². The minimum Gasteiger partial charge on any atom is -0.477 e. The Kier molecular flexibility index (Phi) is 2.98. The van der Waals surface area contributed by atoms with Crippen LogP contribution < -0.4 is 5.32 Å². The van der Waals surface area contributed by atoms with E-state index in [0.29, 0.717) is 5.92 Å². The van der Waals surface area contributed by atoms with Gasteiger partial charge in [-0.1, -0.05) is 30.3 Å². The van der Waals surface area contributed by atoms with E-state index < -0.39 is 11.9 Å². The van der Waals surface area contributed by atoms with Gasteiger partial charge in [0.15, 0.2) is 11.4 Å². The molecule has 102 valence electrons. The molecule has 3 N–H and O–H groups in total. The number of nitrogens with zero attached hydrogens (tertiary/aromatic N) is 1. The molecule has 1 saturated carbocycles. The van der Waals surface area contributed by atoms with Crippen LogP contribution in [0.3, 0.4) is 0 Å². The quantitative estimate of drug-likeness (QED) is 0.783. The minimum absolute atomic E-state index is 0.0447. The van der Waals surface area contributed by atoms with Crippen LogP contribution in [0.1, 0.15) is 38.9 Å². The second kappa shape index (κ2) is 4.80. The van der Waals surface area contributed by atoms with E-state index in [9.17, 15) is 9.59 Å². The third-order valence-electron chi connectivity index (χ3n) is 3.40. The first kappa shape index (κ1) is 12.4. The summed E-state index contributed by atoms with van der Waals surface area (Å²) in [6, 6.07) is 9.96. The molecule has 1 aromatic heterocycles. The first-order valence-electron chi connectivity index (χ1n) is 6.29. The number of amides is 1. The number of imidazole rings is 1. The highest BCUT2D eigenvalue weighted by Gasteiger charge is 2.40. The molecule has 20 heavy (non-hydrogen) atoms. The van der Waals surface area contributed by atoms with Crippen LogP contribution in [0.25, 0.3) is 0 Å². The summed E-state index contributed by atoms with van der Waals surface area (Å²) < 4.78 is 0. The fourth-order valence-corrected chi connectivity index (χ4v) is 2.29. The van der Waals surface area contributed by atoms with Crippen LogP contribution in [-0.2, 0) is 0 Å². The van der Waals surface area contributed by atoms with Gasteiger partial charge < -0.3 is 15.4 Å². The Morgan fingerprint density at radius 2 is 2.05 bits per heavy atom. The van der Waals surface area contributed by atoms with Gasteiger partial charge >= 0.3 is 5.97 Å². The molecule has 0 spiro atoms. The molecule has 0 radical (unpaired) electrons. The molecule has 6 heteroatoms. The summed E-state index contributed by atoms with van der Waals surface area (Å²) in [5.74, 6) is -1.34. The van der Waals surface area contributed by atoms with E-state index in [1.165, 1.54) is 11.9 Å². The van der Waals surface area contributed by atoms with Crippen molar-refractivity contribution < 1.29 is 14.7 Å². The minimum atomic E-state index is -1.19. The van der Waals surface area contributed by atoms with Crippen molar-refractivity contribution in [3.8, 4) is 0 Å². The first-order chi connectivity index (χ1) is 9.66. The Morgan fingerprint density at radius 1 is 1.30 bits per heavy atom. The zero-order chi connectivity index (χ0) is 14.1. The lowest BCUT2D eigenvalue weighted by Gasteiger charge is -2.03. The number of aromatic amines is 1. The van der Waals surface area contributed by atoms with Gasteiger partial charge in [0.05, 0.1) is 6.33 Å². The molecule has 1 aliphatic rings. The highest BCUT2D eigenvalue weighted by Crippen LogP contribution is 2.40. The molecule has 0 saturated heterocycles. The van der Waals surface area contributed by atoms with Gasteiger partial charge in [0.25, 0.3) is 5.91 Å². The molecule has 0 aliphatic heterocycles. The molecular formula is C14H13N3O3. The third kappa shape index (κ3) is 2.27. The number of H-pyrrole nitrogens is 1. The summed E-state index contributed by atoms with van der Waals surface area (Å²) in [6.07, 6.45) is 2.07. The van der Waals surface area contributed by atoms with Crippen LogP contribution in [0.15, 0.2) is 36.7 Å². The number of nitrogens with one attached hydrogen (secondary N) is 2. The number of carbonyl (C=O) groups excluding carboxylic acids is 1. The number of carboxylic acid groups (broad SMARTS) is 1. The molecule has 1 heterocycles. The number of carbonyl (C=O) groups is 2. The third-order valence-corrected chi connectivity index (χ3v) is 3.40. The number of aromatic nitrogens is 2. The Bertz CT molecular complexity index is 651. The van der Waals surface area contributed by atoms with E-state index in [0.717, 1.165) is 6.42 Å². The fraction of sp³-hybridized carbons (Fsp3) is 0.214. The van der Waals surface area contributed by atoms with Crippen LogP contribution in [0.5, 0.6) is 0 Å². The average molecular weight is 271 g/mol. The van der Waals surface area contributed by atoms with Crippen molar-refractivity contribution >= 4 is 11.9 Å². The van der Waals surface area contributed by atoms with Crippen LogP contribution in [0.4, 0.5) is 0 Å². The van der Waals surface area contributed by atoms with Gasteiger partial charge in [-0.25, -0.2) is 9.78 Å². The predicted octanol–water partition coefficient (Wildman–Crippen LogP) is 1.39. The molecule has 6 nitrogen and oxygen atoms in total. The first-order valence-corrected chi connectivity index (χ1v) is 6.29. The summed E-state index contributed by atoms with van der Waals surface area (Å²) in [6.45, 7) is 0. The smallest absolute Gasteiger partial charge is 0.354 e. The largest absolute Gasteiger partial charge is 0.477 e. The summed E-state index contributed by atoms with van der Waals surface area (Å²) in [7, 11) is 0. The summed E-state index contributed by atoms with van der Waals surface area (Å²) in [5.41, 5.74) is 0.925. The van der Waals surface area contributed by atoms with Crippen molar-refractivity contribution in [2.75, 3.05) is 0 Å². The zero-order valence-corrected chi connectivity index (χ0v) is 10.5. The second-order valence-corrected chi connectivity index (χ2v) is 4.76. The molecule has 2 aromatic rings. The van der Waals surface area contributed by atoms with Gasteiger partial charge in [-0.2, -0.15) is 0 Å². The fourth-order valence-electron chi connectivity index (χ4n) is 2.29. The van der Waals surface area contributed by atoms with Gasteiger partial charge in [0, 0.05) is 12.0 Å². The number of hydrogen-bond donors (Lipinski definition) is 3. The maximum atomic E-state index is 12.0. The van der Waals surface area contributed by atoms with Gasteiger partial charge in [-0.15, -0.1) is 0 Å². The number of benzene rings is 1. The normalized spacial score (nSPS) is 20.4. The highest BCUT2D eigenvalue weighted by molar-refractivity contribution is 6.02. The van der Waals surface area contributed by atoms with Gasteiger partial charge in [-0.05, 0) is 12.0 Å². The van der Waals surface area contributed by atoms with Crippen molar-refractivity contribution in [2.45, 2.75) is 18.4 Å². The van der Waals surface area contributed by atoms with Crippen molar-refractivity contribution in [1.82, 2.24) is 15.3 Å². The average Bonchev–Trinajstić information content (AvgIpc) is 3.02. The van der Waals surface area contributed by atoms with Crippen molar-refractivity contribution in [1.29, 1.82) is 0 Å². The van der Waals surface area contributed by atoms with Crippen molar-refractivity contribution in [2.24, 2.45) is 0 Å². The summed E-state index contributed by atoms with van der Waals surface area (Å²) >= 11 is 0. The van der Waals surface area contributed by atoms with E-state index >= 15 is 0 Å². The molecular weight excluding hydrogens is 258 g/mol. The number of aromatic carboxylic acids is 1. The van der Waals surface area contributed by atoms with Crippen LogP contribution in [0.2, 0.25) is 0 Å². The number of carboxylic acids is 1. The molecule has 1 aliphatic carbocycles. The SMILES string of the molecule is O=C(NC1CC1c1ccccc1)c1nc[nH]c1C(=O)O. The van der Waals surface area contributed by atoms with E-state index in [1.807, 2.05) is 30.3 Å². The molecule has 2 atom stereocenters. The predicted molar refractivity (Wildman–Crippen MR) is 70.6 cm³/mol. The Morgan fingerprint density at radius 3 is 2.75 bits per heavy atom. The Balaban J connectivity index is 1.67. The lowest BCUT2D eigenvalue weighted by molar-refractivity contribution is 0.0685. The molecule has 1 fully saturated rings. The zero-order valence-electron chi connectivity index (χ0n) is 10.5. The van der Waals surface area contributed by atoms with E-state index in [-0.39, 0.29) is 17.4 Å². The molecule has 0 bridgehead atoms. The monoisotopic (exact) mass is 271 g/mol. The summed E-state index contributed by atoms with van der Waals surface area (Å²) in [5, 5.41) is 11.7. The number of hydrogen-bond acceptors (Lipinski definition) is 3. The van der Waals surface area contributed by atoms with Gasteiger partial charge in [0.1, 0.15) is 0 Å². The van der Waals surface area contributed by atoms with Gasteiger partial charge in [0.2, 0.25) is 0 Å². The lowest BCUT2D eigenvalue weighted by Crippen LogP contribution is -2.28. The maximum absolute atomic E-state index is 12.0. The van der Waals surface area contributed by atoms with Crippen molar-refractivity contribution in [3.63, 3.8) is 0 Å². The molecule has 1 amide bonds. The van der Waals surface area contributed by atoms with E-state index in [1.54, 1.807) is 0 Å². The Hall–Kier alpha value is -2.63. The van der Waals surface area contributed by atoms with E-state index in [4.69, 9.17) is 5.11 Å². The second-order valence-electron chi connectivity index (χ2n) is 4.76. The standard InChI is InChI=1S/C14H13N3O3/c18-13(11-12(14(19)20)16-7-15-11)17-10-6-9(10)8-4-2-1-3-5-8/h1-5,7,9-10H,6H2,(H,15,16)(H,17,18)(H,19,20). The highest BCUT2D eigenvalue weighted by atomic mass is 16.4. The maximum Gasteiger partial charge on any atom is 0.354 e. The molecule has 1 aromatic carbocycles. The van der Waals surface area contributed by atoms with Crippen molar-refractivity contribution in [3.05, 3.63) is 53.6 Å². The molecule has 2 unspecified atom stereocenters. The Labute approximate surface area is 114 Å². The summed E-state index contributed by atoms with van der Waals surface area (Å²) in [4.78, 5) is 29.1. The van der Waals surface area contributed by atoms with E-state index in [2.05, 4.69) is 15.3 Å². The van der Waals surface area contributed by atoms with Crippen LogP contribution in [-0.4, -0.2) is 33.0 Å².